The van der Waals surface area contributed by atoms with Gasteiger partial charge in [-0.3, -0.25) is 9.89 Å². The number of nitrogens with one attached hydrogen (secondary N) is 1. The average molecular weight is 329 g/mol. The maximum Gasteiger partial charge on any atom is 0.248 e. The number of hydrogen-bond donors (Lipinski definition) is 1. The van der Waals surface area contributed by atoms with Crippen LogP contribution in [0.4, 0.5) is 0 Å². The molecule has 1 amide bonds. The van der Waals surface area contributed by atoms with Gasteiger partial charge in [0.2, 0.25) is 5.91 Å². The lowest BCUT2D eigenvalue weighted by Crippen LogP contribution is -2.39. The van der Waals surface area contributed by atoms with E-state index < -0.39 is 0 Å². The molecule has 6 nitrogen and oxygen atoms in total. The summed E-state index contributed by atoms with van der Waals surface area (Å²) in [4.78, 5) is 13.8. The van der Waals surface area contributed by atoms with Crippen molar-refractivity contribution in [3.63, 3.8) is 0 Å². The molecule has 0 bridgehead atoms. The number of carbonyl (C=O) groups is 1. The van der Waals surface area contributed by atoms with Gasteiger partial charge in [0.25, 0.3) is 0 Å². The number of benzene rings is 1. The van der Waals surface area contributed by atoms with Crippen LogP contribution < -0.4 is 4.74 Å². The van der Waals surface area contributed by atoms with Gasteiger partial charge in [0.1, 0.15) is 12.4 Å². The molecule has 1 N–H and O–H groups in total. The Morgan fingerprint density at radius 1 is 1.33 bits per heavy atom. The molecule has 0 atom stereocenters. The minimum absolute atomic E-state index is 0.0635. The average Bonchev–Trinajstić information content (AvgIpc) is 3.12. The molecule has 24 heavy (non-hydrogen) atoms. The predicted octanol–water partition coefficient (Wildman–Crippen LogP) is 2.44. The van der Waals surface area contributed by atoms with Gasteiger partial charge in [0.15, 0.2) is 0 Å². The van der Waals surface area contributed by atoms with Crippen molar-refractivity contribution in [1.29, 1.82) is 0 Å². The van der Waals surface area contributed by atoms with E-state index in [0.717, 1.165) is 48.5 Å². The van der Waals surface area contributed by atoms with Crippen LogP contribution in [-0.4, -0.2) is 54.9 Å². The zero-order valence-corrected chi connectivity index (χ0v) is 14.1. The molecule has 1 aliphatic heterocycles. The summed E-state index contributed by atoms with van der Waals surface area (Å²) >= 11 is 0. The van der Waals surface area contributed by atoms with Gasteiger partial charge in [-0.05, 0) is 30.5 Å². The molecule has 0 spiro atoms. The first kappa shape index (κ1) is 16.5. The zero-order chi connectivity index (χ0) is 16.9. The van der Waals surface area contributed by atoms with Crippen molar-refractivity contribution in [2.24, 2.45) is 0 Å². The summed E-state index contributed by atoms with van der Waals surface area (Å²) in [6.07, 6.45) is 3.72. The molecular formula is C18H23N3O3. The molecule has 3 rings (SSSR count). The Morgan fingerprint density at radius 2 is 2.12 bits per heavy atom. The summed E-state index contributed by atoms with van der Waals surface area (Å²) in [6.45, 7) is 1.66. The van der Waals surface area contributed by atoms with Crippen LogP contribution in [0, 0.1) is 0 Å². The van der Waals surface area contributed by atoms with Crippen LogP contribution in [0.5, 0.6) is 5.75 Å². The Kier molecular flexibility index (Phi) is 5.15. The van der Waals surface area contributed by atoms with Crippen molar-refractivity contribution in [2.45, 2.75) is 18.8 Å². The van der Waals surface area contributed by atoms with Gasteiger partial charge in [-0.1, -0.05) is 12.1 Å². The first-order chi connectivity index (χ1) is 11.7. The van der Waals surface area contributed by atoms with Crippen LogP contribution in [0.25, 0.3) is 11.1 Å². The van der Waals surface area contributed by atoms with Gasteiger partial charge < -0.3 is 14.4 Å². The molecule has 1 aromatic carbocycles. The predicted molar refractivity (Wildman–Crippen MR) is 91.0 cm³/mol. The Hall–Kier alpha value is -2.34. The first-order valence-electron chi connectivity index (χ1n) is 8.17. The molecule has 1 aromatic heterocycles. The lowest BCUT2D eigenvalue weighted by molar-refractivity contribution is -0.136. The number of aromatic amines is 1. The van der Waals surface area contributed by atoms with Gasteiger partial charge in [-0.2, -0.15) is 5.10 Å². The second-order valence-corrected chi connectivity index (χ2v) is 6.02. The summed E-state index contributed by atoms with van der Waals surface area (Å²) in [5.74, 6) is 1.27. The Labute approximate surface area is 141 Å². The molecule has 6 heteroatoms. The number of rotatable bonds is 5. The molecule has 0 saturated carbocycles. The van der Waals surface area contributed by atoms with Crippen LogP contribution in [-0.2, 0) is 9.53 Å². The molecule has 1 aliphatic rings. The van der Waals surface area contributed by atoms with E-state index in [9.17, 15) is 4.79 Å². The molecule has 2 aromatic rings. The van der Waals surface area contributed by atoms with Crippen molar-refractivity contribution >= 4 is 5.91 Å². The fourth-order valence-corrected chi connectivity index (χ4v) is 3.26. The molecular weight excluding hydrogens is 306 g/mol. The highest BCUT2D eigenvalue weighted by Crippen LogP contribution is 2.34. The lowest BCUT2D eigenvalue weighted by atomic mass is 9.89. The summed E-state index contributed by atoms with van der Waals surface area (Å²) < 4.78 is 10.3. The second kappa shape index (κ2) is 7.49. The molecule has 2 heterocycles. The van der Waals surface area contributed by atoms with E-state index in [0.29, 0.717) is 5.92 Å². The highest BCUT2D eigenvalue weighted by molar-refractivity contribution is 5.77. The summed E-state index contributed by atoms with van der Waals surface area (Å²) in [5, 5.41) is 7.41. The van der Waals surface area contributed by atoms with E-state index in [-0.39, 0.29) is 12.5 Å². The maximum absolute atomic E-state index is 11.9. The summed E-state index contributed by atoms with van der Waals surface area (Å²) in [7, 11) is 3.22. The van der Waals surface area contributed by atoms with Crippen LogP contribution in [0.3, 0.4) is 0 Å². The van der Waals surface area contributed by atoms with Crippen molar-refractivity contribution < 1.29 is 14.3 Å². The minimum Gasteiger partial charge on any atom is -0.497 e. The topological polar surface area (TPSA) is 67.5 Å². The normalized spacial score (nSPS) is 15.5. The van der Waals surface area contributed by atoms with E-state index in [4.69, 9.17) is 9.47 Å². The Bertz CT molecular complexity index is 690. The van der Waals surface area contributed by atoms with Crippen LogP contribution >= 0.6 is 0 Å². The fraction of sp³-hybridized carbons (Fsp3) is 0.444. The number of nitrogens with zero attached hydrogens (tertiary/aromatic N) is 2. The van der Waals surface area contributed by atoms with Gasteiger partial charge in [-0.15, -0.1) is 0 Å². The molecule has 0 unspecified atom stereocenters. The quantitative estimate of drug-likeness (QED) is 0.915. The third kappa shape index (κ3) is 3.43. The van der Waals surface area contributed by atoms with Gasteiger partial charge in [-0.25, -0.2) is 0 Å². The Morgan fingerprint density at radius 3 is 2.83 bits per heavy atom. The maximum atomic E-state index is 11.9. The summed E-state index contributed by atoms with van der Waals surface area (Å²) in [6, 6.07) is 8.00. The number of carbonyl (C=O) groups excluding carboxylic acids is 1. The third-order valence-electron chi connectivity index (χ3n) is 4.57. The SMILES string of the molecule is COCC(=O)N1CCC(c2[nH]ncc2-c2cccc(OC)c2)CC1. The number of piperidine rings is 1. The molecule has 1 saturated heterocycles. The van der Waals surface area contributed by atoms with E-state index >= 15 is 0 Å². The number of hydrogen-bond acceptors (Lipinski definition) is 4. The zero-order valence-electron chi connectivity index (χ0n) is 14.1. The number of amides is 1. The lowest BCUT2D eigenvalue weighted by Gasteiger charge is -2.31. The molecule has 0 aliphatic carbocycles. The minimum atomic E-state index is 0.0635. The van der Waals surface area contributed by atoms with E-state index in [1.807, 2.05) is 29.3 Å². The van der Waals surface area contributed by atoms with Crippen molar-refractivity contribution in [3.05, 3.63) is 36.2 Å². The largest absolute Gasteiger partial charge is 0.497 e. The van der Waals surface area contributed by atoms with Crippen LogP contribution in [0.15, 0.2) is 30.5 Å². The first-order valence-corrected chi connectivity index (χ1v) is 8.17. The van der Waals surface area contributed by atoms with Crippen LogP contribution in [0.2, 0.25) is 0 Å². The van der Waals surface area contributed by atoms with E-state index in [1.54, 1.807) is 14.2 Å². The Balaban J connectivity index is 1.73. The van der Waals surface area contributed by atoms with Gasteiger partial charge >= 0.3 is 0 Å². The monoisotopic (exact) mass is 329 g/mol. The number of methoxy groups -OCH3 is 2. The summed E-state index contributed by atoms with van der Waals surface area (Å²) in [5.41, 5.74) is 3.34. The smallest absolute Gasteiger partial charge is 0.248 e. The van der Waals surface area contributed by atoms with Crippen molar-refractivity contribution in [2.75, 3.05) is 33.9 Å². The highest BCUT2D eigenvalue weighted by atomic mass is 16.5. The second-order valence-electron chi connectivity index (χ2n) is 6.02. The third-order valence-corrected chi connectivity index (χ3v) is 4.57. The van der Waals surface area contributed by atoms with Gasteiger partial charge in [0, 0.05) is 37.4 Å². The fourth-order valence-electron chi connectivity index (χ4n) is 3.26. The van der Waals surface area contributed by atoms with Crippen molar-refractivity contribution in [1.82, 2.24) is 15.1 Å². The van der Waals surface area contributed by atoms with Crippen LogP contribution in [0.1, 0.15) is 24.5 Å². The van der Waals surface area contributed by atoms with Crippen molar-refractivity contribution in [3.8, 4) is 16.9 Å². The molecule has 128 valence electrons. The number of H-pyrrole nitrogens is 1. The number of aromatic nitrogens is 2. The van der Waals surface area contributed by atoms with E-state index in [2.05, 4.69) is 16.3 Å². The highest BCUT2D eigenvalue weighted by Gasteiger charge is 2.26. The van der Waals surface area contributed by atoms with Gasteiger partial charge in [0.05, 0.1) is 13.3 Å². The molecule has 1 fully saturated rings. The van der Waals surface area contributed by atoms with E-state index in [1.165, 1.54) is 0 Å². The standard InChI is InChI=1S/C18H23N3O3/c1-23-12-17(22)21-8-6-13(7-9-21)18-16(11-19-20-18)14-4-3-5-15(10-14)24-2/h3-5,10-11,13H,6-9,12H2,1-2H3,(H,19,20). The number of ether oxygens (including phenoxy) is 2. The molecule has 0 radical (unpaired) electrons. The number of likely N-dealkylation sites (tertiary alicyclic amines) is 1.